The fourth-order valence-corrected chi connectivity index (χ4v) is 14.0. The molecule has 1 amide bonds. The molecule has 5 fully saturated rings. The third-order valence-corrected chi connectivity index (χ3v) is 18.8. The van der Waals surface area contributed by atoms with Gasteiger partial charge in [0.1, 0.15) is 28.6 Å². The van der Waals surface area contributed by atoms with E-state index in [2.05, 4.69) is 83.2 Å². The SMILES string of the molecule is COc1ccc(CN2CCN(C3CC4(CCN(c5ccc(C(=O)NS(=O)(=O)c6ccc(NC[C@H]7CC[C@](C)(O)CC7)c([N+](=O)[O-])c6)c(Oc6cnc7[nH]ccc7c6)c5)CC4)C3)C(c3ccccc3C3CCCC3)C2)cc1. The number of H-pyrrole nitrogens is 1. The highest BCUT2D eigenvalue weighted by molar-refractivity contribution is 7.90. The number of aromatic amines is 1. The summed E-state index contributed by atoms with van der Waals surface area (Å²) in [6, 6.07) is 31.1. The molecular formula is C59H70N8O8S. The Morgan fingerprint density at radius 1 is 0.882 bits per heavy atom. The fourth-order valence-electron chi connectivity index (χ4n) is 13.0. The number of nitro groups is 1. The Kier molecular flexibility index (Phi) is 14.6. The average Bonchev–Trinajstić information content (AvgIpc) is 4.15. The number of anilines is 2. The number of nitrogens with zero attached hydrogens (tertiary/aromatic N) is 5. The lowest BCUT2D eigenvalue weighted by atomic mass is 9.59. The van der Waals surface area contributed by atoms with E-state index in [0.29, 0.717) is 48.8 Å². The Morgan fingerprint density at radius 3 is 2.37 bits per heavy atom. The summed E-state index contributed by atoms with van der Waals surface area (Å²) in [7, 11) is -2.88. The number of fused-ring (bicyclic) bond motifs is 1. The van der Waals surface area contributed by atoms with Crippen molar-refractivity contribution in [3.05, 3.63) is 142 Å². The Balaban J connectivity index is 0.782. The Bertz CT molecular complexity index is 3170. The number of amides is 1. The lowest BCUT2D eigenvalue weighted by Gasteiger charge is -2.58. The number of aliphatic hydroxyl groups is 1. The van der Waals surface area contributed by atoms with E-state index in [4.69, 9.17) is 9.47 Å². The highest BCUT2D eigenvalue weighted by Gasteiger charge is 2.50. The monoisotopic (exact) mass is 1050 g/mol. The second-order valence-corrected chi connectivity index (χ2v) is 24.2. The molecule has 0 radical (unpaired) electrons. The van der Waals surface area contributed by atoms with Crippen LogP contribution in [0.15, 0.2) is 114 Å². The number of nitrogens with one attached hydrogen (secondary N) is 3. The van der Waals surface area contributed by atoms with E-state index < -0.39 is 37.0 Å². The van der Waals surface area contributed by atoms with Gasteiger partial charge in [-0.05, 0) is 154 Å². The van der Waals surface area contributed by atoms with Crippen LogP contribution in [0.1, 0.15) is 123 Å². The standard InChI is InChI=1S/C59H70N8O8S/c1-58(69)22-19-40(20-23-58)36-61-52-18-16-48(33-53(52)67(70)71)76(72,73)63-57(68)51-17-13-44(32-55(51)75-47-31-43-21-26-60-56(43)62-37-47)65-27-24-59(25-28-65)34-45(35-59)66-30-29-64(38-41-11-14-46(74-2)15-12-41)39-54(66)50-10-6-5-9-49(50)42-7-3-4-8-42/h5-6,9-18,21,26,31-33,37,40,42,45,54,61,69H,3-4,7-8,19-20,22-25,27-30,34-36,38-39H2,1-2H3,(H,60,62)(H,63,68)/t40-,54?,58-. The van der Waals surface area contributed by atoms with Crippen molar-refractivity contribution in [3.8, 4) is 17.2 Å². The molecule has 1 spiro atoms. The van der Waals surface area contributed by atoms with Gasteiger partial charge in [0.05, 0.1) is 34.3 Å². The molecule has 1 atom stereocenters. The van der Waals surface area contributed by atoms with Gasteiger partial charge in [-0.3, -0.25) is 24.7 Å². The van der Waals surface area contributed by atoms with Crippen LogP contribution in [0.25, 0.3) is 11.0 Å². The van der Waals surface area contributed by atoms with Crippen molar-refractivity contribution in [2.45, 2.75) is 119 Å². The van der Waals surface area contributed by atoms with Gasteiger partial charge in [-0.25, -0.2) is 18.1 Å². The third kappa shape index (κ3) is 11.2. The predicted octanol–water partition coefficient (Wildman–Crippen LogP) is 10.7. The first-order chi connectivity index (χ1) is 36.7. The molecule has 1 unspecified atom stereocenters. The number of carbonyl (C=O) groups excluding carboxylic acids is 1. The number of aromatic nitrogens is 2. The van der Waals surface area contributed by atoms with Crippen molar-refractivity contribution in [2.24, 2.45) is 11.3 Å². The second-order valence-electron chi connectivity index (χ2n) is 22.6. The van der Waals surface area contributed by atoms with E-state index in [1.165, 1.54) is 48.9 Å². The molecule has 17 heteroatoms. The summed E-state index contributed by atoms with van der Waals surface area (Å²) in [5.41, 5.74) is 5.13. The molecule has 76 heavy (non-hydrogen) atoms. The first kappa shape index (κ1) is 51.6. The molecule has 6 aromatic rings. The van der Waals surface area contributed by atoms with Gasteiger partial charge in [0.15, 0.2) is 0 Å². The minimum Gasteiger partial charge on any atom is -0.497 e. The van der Waals surface area contributed by atoms with Crippen molar-refractivity contribution < 1.29 is 32.7 Å². The number of sulfonamides is 1. The lowest BCUT2D eigenvalue weighted by Crippen LogP contribution is -2.60. The number of piperidine rings is 1. The number of piperazine rings is 1. The van der Waals surface area contributed by atoms with Gasteiger partial charge in [-0.1, -0.05) is 49.2 Å². The van der Waals surface area contributed by atoms with Crippen LogP contribution in [0.4, 0.5) is 17.1 Å². The number of hydrogen-bond donors (Lipinski definition) is 4. The number of nitro benzene ring substituents is 1. The zero-order chi connectivity index (χ0) is 52.6. The van der Waals surface area contributed by atoms with Gasteiger partial charge in [0, 0.05) is 87.3 Å². The summed E-state index contributed by atoms with van der Waals surface area (Å²) in [6.07, 6.45) is 15.6. The second kappa shape index (κ2) is 21.5. The number of methoxy groups -OCH3 is 1. The number of pyridine rings is 1. The summed E-state index contributed by atoms with van der Waals surface area (Å²) in [5.74, 6) is 1.27. The van der Waals surface area contributed by atoms with Crippen LogP contribution in [-0.2, 0) is 16.6 Å². The maximum atomic E-state index is 14.1. The minimum atomic E-state index is -4.59. The topological polar surface area (TPSA) is 195 Å². The predicted molar refractivity (Wildman–Crippen MR) is 294 cm³/mol. The Labute approximate surface area is 445 Å². The summed E-state index contributed by atoms with van der Waals surface area (Å²) in [6.45, 7) is 7.84. The van der Waals surface area contributed by atoms with Crippen LogP contribution in [-0.4, -0.2) is 102 Å². The third-order valence-electron chi connectivity index (χ3n) is 17.5. The summed E-state index contributed by atoms with van der Waals surface area (Å²) < 4.78 is 41.8. The van der Waals surface area contributed by atoms with E-state index in [9.17, 15) is 28.4 Å². The smallest absolute Gasteiger partial charge is 0.293 e. The lowest BCUT2D eigenvalue weighted by molar-refractivity contribution is -0.384. The van der Waals surface area contributed by atoms with E-state index in [1.54, 1.807) is 43.3 Å². The number of ether oxygens (including phenoxy) is 2. The zero-order valence-corrected chi connectivity index (χ0v) is 44.4. The number of rotatable bonds is 16. The largest absolute Gasteiger partial charge is 0.497 e. The molecular weight excluding hydrogens is 981 g/mol. The van der Waals surface area contributed by atoms with Crippen molar-refractivity contribution >= 4 is 44.0 Å². The van der Waals surface area contributed by atoms with Gasteiger partial charge in [0.25, 0.3) is 21.6 Å². The Hall–Kier alpha value is -6.53. The molecule has 2 aromatic heterocycles. The molecule has 3 saturated carbocycles. The van der Waals surface area contributed by atoms with E-state index in [1.807, 2.05) is 19.1 Å². The van der Waals surface area contributed by atoms with E-state index in [-0.39, 0.29) is 28.3 Å². The van der Waals surface area contributed by atoms with Gasteiger partial charge in [-0.2, -0.15) is 0 Å². The highest BCUT2D eigenvalue weighted by atomic mass is 32.2. The van der Waals surface area contributed by atoms with E-state index in [0.717, 1.165) is 101 Å². The van der Waals surface area contributed by atoms with Crippen LogP contribution >= 0.6 is 0 Å². The number of carbonyl (C=O) groups is 1. The molecule has 5 aliphatic rings. The maximum absolute atomic E-state index is 14.1. The van der Waals surface area contributed by atoms with Crippen molar-refractivity contribution in [1.29, 1.82) is 0 Å². The van der Waals surface area contributed by atoms with Gasteiger partial charge in [-0.15, -0.1) is 0 Å². The van der Waals surface area contributed by atoms with Crippen LogP contribution < -0.4 is 24.4 Å². The van der Waals surface area contributed by atoms with Crippen LogP contribution in [0.3, 0.4) is 0 Å². The molecule has 4 aromatic carbocycles. The minimum absolute atomic E-state index is 0.0239. The maximum Gasteiger partial charge on any atom is 0.293 e. The molecule has 400 valence electrons. The summed E-state index contributed by atoms with van der Waals surface area (Å²) in [5, 5.41) is 26.5. The first-order valence-corrected chi connectivity index (χ1v) is 28.7. The number of hydrogen-bond acceptors (Lipinski definition) is 13. The van der Waals surface area contributed by atoms with Gasteiger partial charge < -0.3 is 29.8 Å². The molecule has 2 saturated heterocycles. The number of benzene rings is 4. The fraction of sp³-hybridized carbons (Fsp3) is 0.458. The van der Waals surface area contributed by atoms with Crippen LogP contribution in [0, 0.1) is 21.4 Å². The molecule has 0 bridgehead atoms. The zero-order valence-electron chi connectivity index (χ0n) is 43.6. The Morgan fingerprint density at radius 2 is 1.63 bits per heavy atom. The molecule has 2 aliphatic heterocycles. The van der Waals surface area contributed by atoms with Crippen molar-refractivity contribution in [2.75, 3.05) is 56.6 Å². The van der Waals surface area contributed by atoms with Gasteiger partial charge >= 0.3 is 0 Å². The normalized spacial score (nSPS) is 22.6. The molecule has 4 N–H and O–H groups in total. The molecule has 3 aliphatic carbocycles. The molecule has 11 rings (SSSR count). The van der Waals surface area contributed by atoms with Crippen LogP contribution in [0.5, 0.6) is 17.2 Å². The van der Waals surface area contributed by atoms with Crippen molar-refractivity contribution in [1.82, 2.24) is 24.5 Å². The van der Waals surface area contributed by atoms with Crippen LogP contribution in [0.2, 0.25) is 0 Å². The summed E-state index contributed by atoms with van der Waals surface area (Å²) in [4.78, 5) is 40.7. The quantitative estimate of drug-likeness (QED) is 0.0529. The first-order valence-electron chi connectivity index (χ1n) is 27.2. The highest BCUT2D eigenvalue weighted by Crippen LogP contribution is 2.54. The van der Waals surface area contributed by atoms with E-state index >= 15 is 0 Å². The van der Waals surface area contributed by atoms with Crippen molar-refractivity contribution in [3.63, 3.8) is 0 Å². The summed E-state index contributed by atoms with van der Waals surface area (Å²) >= 11 is 0. The average molecular weight is 1050 g/mol. The van der Waals surface area contributed by atoms with Gasteiger partial charge in [0.2, 0.25) is 0 Å². The molecule has 4 heterocycles. The molecule has 16 nitrogen and oxygen atoms in total.